The zero-order valence-electron chi connectivity index (χ0n) is 18.7. The van der Waals surface area contributed by atoms with E-state index in [2.05, 4.69) is 15.3 Å². The van der Waals surface area contributed by atoms with Gasteiger partial charge in [-0.3, -0.25) is 9.55 Å². The minimum Gasteiger partial charge on any atom is -0.478 e. The van der Waals surface area contributed by atoms with Gasteiger partial charge < -0.3 is 15.2 Å². The first-order valence-corrected chi connectivity index (χ1v) is 10.8. The second-order valence-electron chi connectivity index (χ2n) is 7.69. The van der Waals surface area contributed by atoms with Gasteiger partial charge >= 0.3 is 17.3 Å². The van der Waals surface area contributed by atoms with E-state index in [-0.39, 0.29) is 23.8 Å². The highest BCUT2D eigenvalue weighted by Crippen LogP contribution is 2.28. The molecule has 0 bridgehead atoms. The van der Waals surface area contributed by atoms with E-state index in [4.69, 9.17) is 21.4 Å². The molecule has 2 aromatic heterocycles. The summed E-state index contributed by atoms with van der Waals surface area (Å²) >= 11 is 5.95. The second-order valence-corrected chi connectivity index (χ2v) is 8.13. The standard InChI is InChI=1S/C24H20ClN5O5/c1-14-9-18(7-8-20(14)35-19-10-16(21(31)32)11-26-12-19)27-22-28-23(33)29(2)24(34)30(22)13-15-3-5-17(25)6-4-15/h3-12H,13H2,1-2H3,(H,31,32)(H,27,28,33). The summed E-state index contributed by atoms with van der Waals surface area (Å²) in [5, 5.41) is 12.7. The third-order valence-electron chi connectivity index (χ3n) is 5.13. The van der Waals surface area contributed by atoms with Crippen molar-refractivity contribution in [1.29, 1.82) is 0 Å². The topological polar surface area (TPSA) is 128 Å². The summed E-state index contributed by atoms with van der Waals surface area (Å²) in [5.41, 5.74) is 0.881. The van der Waals surface area contributed by atoms with Crippen molar-refractivity contribution in [3.8, 4) is 11.5 Å². The summed E-state index contributed by atoms with van der Waals surface area (Å²) in [7, 11) is 1.37. The molecule has 2 N–H and O–H groups in total. The van der Waals surface area contributed by atoms with Gasteiger partial charge in [-0.15, -0.1) is 0 Å². The highest BCUT2D eigenvalue weighted by molar-refractivity contribution is 6.30. The van der Waals surface area contributed by atoms with Crippen molar-refractivity contribution in [3.05, 3.63) is 104 Å². The first-order chi connectivity index (χ1) is 16.7. The van der Waals surface area contributed by atoms with Crippen molar-refractivity contribution in [2.75, 3.05) is 5.32 Å². The van der Waals surface area contributed by atoms with E-state index in [0.29, 0.717) is 22.0 Å². The molecule has 4 aromatic rings. The number of anilines is 2. The molecule has 0 spiro atoms. The quantitative estimate of drug-likeness (QED) is 0.399. The molecule has 35 heavy (non-hydrogen) atoms. The molecule has 0 amide bonds. The summed E-state index contributed by atoms with van der Waals surface area (Å²) in [6.45, 7) is 1.97. The third kappa shape index (κ3) is 5.39. The van der Waals surface area contributed by atoms with E-state index in [0.717, 1.165) is 10.1 Å². The predicted molar refractivity (Wildman–Crippen MR) is 130 cm³/mol. The van der Waals surface area contributed by atoms with Gasteiger partial charge in [0.25, 0.3) is 0 Å². The van der Waals surface area contributed by atoms with Crippen LogP contribution >= 0.6 is 11.6 Å². The van der Waals surface area contributed by atoms with Gasteiger partial charge in [-0.25, -0.2) is 19.0 Å². The summed E-state index contributed by atoms with van der Waals surface area (Å²) < 4.78 is 8.07. The maximum absolute atomic E-state index is 12.8. The van der Waals surface area contributed by atoms with Gasteiger partial charge in [0.2, 0.25) is 5.95 Å². The van der Waals surface area contributed by atoms with E-state index in [1.165, 1.54) is 30.1 Å². The molecular formula is C24H20ClN5O5. The highest BCUT2D eigenvalue weighted by Gasteiger charge is 2.13. The van der Waals surface area contributed by atoms with Crippen LogP contribution in [0, 0.1) is 6.92 Å². The largest absolute Gasteiger partial charge is 0.478 e. The Kier molecular flexibility index (Phi) is 6.65. The molecule has 0 fully saturated rings. The van der Waals surface area contributed by atoms with Crippen LogP contribution in [-0.2, 0) is 13.6 Å². The molecule has 2 aromatic carbocycles. The first-order valence-electron chi connectivity index (χ1n) is 10.4. The van der Waals surface area contributed by atoms with Gasteiger partial charge in [0, 0.05) is 24.0 Å². The number of carbonyl (C=O) groups is 1. The average molecular weight is 494 g/mol. The number of hydrogen-bond acceptors (Lipinski definition) is 7. The van der Waals surface area contributed by atoms with Crippen LogP contribution in [0.3, 0.4) is 0 Å². The van der Waals surface area contributed by atoms with Gasteiger partial charge in [0.15, 0.2) is 0 Å². The molecule has 11 heteroatoms. The van der Waals surface area contributed by atoms with Crippen LogP contribution in [-0.4, -0.2) is 30.2 Å². The van der Waals surface area contributed by atoms with Crippen molar-refractivity contribution >= 4 is 29.2 Å². The van der Waals surface area contributed by atoms with Crippen molar-refractivity contribution in [2.24, 2.45) is 7.05 Å². The Morgan fingerprint density at radius 1 is 1.11 bits per heavy atom. The van der Waals surface area contributed by atoms with Crippen LogP contribution in [0.4, 0.5) is 11.6 Å². The molecule has 10 nitrogen and oxygen atoms in total. The third-order valence-corrected chi connectivity index (χ3v) is 5.39. The zero-order chi connectivity index (χ0) is 25.1. The summed E-state index contributed by atoms with van der Waals surface area (Å²) in [4.78, 5) is 44.1. The Balaban J connectivity index is 1.62. The lowest BCUT2D eigenvalue weighted by atomic mass is 10.2. The fourth-order valence-electron chi connectivity index (χ4n) is 3.28. The Bertz CT molecular complexity index is 1530. The molecule has 178 valence electrons. The molecule has 0 radical (unpaired) electrons. The number of hydrogen-bond donors (Lipinski definition) is 2. The highest BCUT2D eigenvalue weighted by atomic mass is 35.5. The number of halogens is 1. The van der Waals surface area contributed by atoms with Gasteiger partial charge in [-0.1, -0.05) is 23.7 Å². The van der Waals surface area contributed by atoms with E-state index in [9.17, 15) is 14.4 Å². The van der Waals surface area contributed by atoms with Crippen molar-refractivity contribution < 1.29 is 14.6 Å². The first kappa shape index (κ1) is 23.7. The minimum absolute atomic E-state index is 0.00818. The molecule has 0 aliphatic carbocycles. The molecule has 2 heterocycles. The number of aromatic nitrogens is 4. The SMILES string of the molecule is Cc1cc(Nc2nc(=O)n(C)c(=O)n2Cc2ccc(Cl)cc2)ccc1Oc1cncc(C(=O)O)c1. The van der Waals surface area contributed by atoms with Crippen molar-refractivity contribution in [1.82, 2.24) is 19.1 Å². The number of rotatable bonds is 7. The molecule has 0 saturated heterocycles. The van der Waals surface area contributed by atoms with Crippen LogP contribution in [0.25, 0.3) is 0 Å². The molecule has 0 atom stereocenters. The maximum atomic E-state index is 12.8. The zero-order valence-corrected chi connectivity index (χ0v) is 19.5. The van der Waals surface area contributed by atoms with Crippen LogP contribution in [0.2, 0.25) is 5.02 Å². The number of carboxylic acids is 1. The number of aromatic carboxylic acids is 1. The fourth-order valence-corrected chi connectivity index (χ4v) is 3.41. The lowest BCUT2D eigenvalue weighted by Crippen LogP contribution is -2.41. The lowest BCUT2D eigenvalue weighted by Gasteiger charge is -2.15. The molecule has 0 aliphatic rings. The number of pyridine rings is 1. The number of nitrogens with zero attached hydrogens (tertiary/aromatic N) is 4. The van der Waals surface area contributed by atoms with Gasteiger partial charge in [-0.05, 0) is 54.4 Å². The van der Waals surface area contributed by atoms with Crippen molar-refractivity contribution in [2.45, 2.75) is 13.5 Å². The smallest absolute Gasteiger partial charge is 0.354 e. The lowest BCUT2D eigenvalue weighted by molar-refractivity contribution is 0.0696. The average Bonchev–Trinajstić information content (AvgIpc) is 2.83. The van der Waals surface area contributed by atoms with Crippen molar-refractivity contribution in [3.63, 3.8) is 0 Å². The molecule has 0 unspecified atom stereocenters. The van der Waals surface area contributed by atoms with Gasteiger partial charge in [-0.2, -0.15) is 4.98 Å². The number of aryl methyl sites for hydroxylation is 1. The Hall–Kier alpha value is -4.44. The Morgan fingerprint density at radius 2 is 1.86 bits per heavy atom. The summed E-state index contributed by atoms with van der Waals surface area (Å²) in [6.07, 6.45) is 2.65. The fraction of sp³-hybridized carbons (Fsp3) is 0.125. The number of nitrogens with one attached hydrogen (secondary N) is 1. The van der Waals surface area contributed by atoms with Crippen LogP contribution < -0.4 is 21.4 Å². The monoisotopic (exact) mass is 493 g/mol. The van der Waals surface area contributed by atoms with Crippen LogP contribution in [0.5, 0.6) is 11.5 Å². The number of carboxylic acid groups (broad SMARTS) is 1. The number of benzene rings is 2. The predicted octanol–water partition coefficient (Wildman–Crippen LogP) is 3.58. The molecule has 0 saturated carbocycles. The van der Waals surface area contributed by atoms with E-state index in [1.54, 1.807) is 49.4 Å². The Labute approximate surface area is 204 Å². The van der Waals surface area contributed by atoms with Crippen LogP contribution in [0.1, 0.15) is 21.5 Å². The maximum Gasteiger partial charge on any atom is 0.354 e. The van der Waals surface area contributed by atoms with E-state index in [1.807, 2.05) is 0 Å². The van der Waals surface area contributed by atoms with Crippen LogP contribution in [0.15, 0.2) is 70.5 Å². The second kappa shape index (κ2) is 9.82. The number of ether oxygens (including phenoxy) is 1. The van der Waals surface area contributed by atoms with Gasteiger partial charge in [0.05, 0.1) is 18.3 Å². The Morgan fingerprint density at radius 3 is 2.54 bits per heavy atom. The normalized spacial score (nSPS) is 10.7. The molecule has 0 aliphatic heterocycles. The van der Waals surface area contributed by atoms with E-state index >= 15 is 0 Å². The summed E-state index contributed by atoms with van der Waals surface area (Å²) in [6, 6.07) is 13.5. The van der Waals surface area contributed by atoms with E-state index < -0.39 is 17.3 Å². The molecule has 4 rings (SSSR count). The molecular weight excluding hydrogens is 474 g/mol. The van der Waals surface area contributed by atoms with Gasteiger partial charge in [0.1, 0.15) is 11.5 Å². The minimum atomic E-state index is -1.11. The summed E-state index contributed by atoms with van der Waals surface area (Å²) in [5.74, 6) is -0.265.